The molecule has 0 aliphatic carbocycles. The fourth-order valence-electron chi connectivity index (χ4n) is 2.31. The molecule has 1 heterocycles. The van der Waals surface area contributed by atoms with Crippen molar-refractivity contribution in [3.63, 3.8) is 0 Å². The van der Waals surface area contributed by atoms with Crippen LogP contribution in [0.3, 0.4) is 0 Å². The van der Waals surface area contributed by atoms with Gasteiger partial charge in [0.1, 0.15) is 18.2 Å². The van der Waals surface area contributed by atoms with Gasteiger partial charge in [-0.15, -0.1) is 0 Å². The zero-order chi connectivity index (χ0) is 18.6. The van der Waals surface area contributed by atoms with Crippen LogP contribution in [-0.4, -0.2) is 32.3 Å². The monoisotopic (exact) mass is 427 g/mol. The number of esters is 1. The summed E-state index contributed by atoms with van der Waals surface area (Å²) in [5, 5.41) is 0. The van der Waals surface area contributed by atoms with Gasteiger partial charge in [0.2, 0.25) is 0 Å². The quantitative estimate of drug-likeness (QED) is 0.348. The number of hydrogen-bond donors (Lipinski definition) is 0. The maximum Gasteiger partial charge on any atom is 0.355 e. The number of methoxy groups -OCH3 is 1. The first kappa shape index (κ1) is 19.9. The fraction of sp³-hybridized carbons (Fsp3) is 0.389. The summed E-state index contributed by atoms with van der Waals surface area (Å²) in [6, 6.07) is 7.18. The minimum absolute atomic E-state index is 0.259. The van der Waals surface area contributed by atoms with Crippen molar-refractivity contribution in [3.8, 4) is 11.1 Å². The van der Waals surface area contributed by atoms with E-state index in [9.17, 15) is 9.18 Å². The van der Waals surface area contributed by atoms with Crippen LogP contribution in [-0.2, 0) is 16.2 Å². The molecular weight excluding hydrogens is 405 g/mol. The van der Waals surface area contributed by atoms with Crippen LogP contribution >= 0.6 is 15.9 Å². The average molecular weight is 428 g/mol. The second-order valence-corrected chi connectivity index (χ2v) is 13.4. The van der Waals surface area contributed by atoms with Gasteiger partial charge in [-0.3, -0.25) is 0 Å². The molecule has 4 nitrogen and oxygen atoms in total. The Bertz CT molecular complexity index is 738. The molecule has 0 fully saturated rings. The number of benzene rings is 1. The van der Waals surface area contributed by atoms with Crippen molar-refractivity contribution >= 4 is 30.0 Å². The molecular formula is C18H23BrFNO3Si. The highest BCUT2D eigenvalue weighted by molar-refractivity contribution is 9.10. The second kappa shape index (κ2) is 8.29. The van der Waals surface area contributed by atoms with E-state index in [-0.39, 0.29) is 12.5 Å². The molecule has 0 amide bonds. The van der Waals surface area contributed by atoms with Crippen molar-refractivity contribution in [1.29, 1.82) is 0 Å². The van der Waals surface area contributed by atoms with Crippen LogP contribution in [0.5, 0.6) is 0 Å². The molecule has 2 rings (SSSR count). The molecule has 0 unspecified atom stereocenters. The Balaban J connectivity index is 2.27. The third-order valence-corrected chi connectivity index (χ3v) is 6.28. The Kier molecular flexibility index (Phi) is 6.59. The molecule has 25 heavy (non-hydrogen) atoms. The largest absolute Gasteiger partial charge is 0.464 e. The predicted molar refractivity (Wildman–Crippen MR) is 103 cm³/mol. The normalized spacial score (nSPS) is 11.6. The van der Waals surface area contributed by atoms with Crippen LogP contribution in [0.2, 0.25) is 25.7 Å². The van der Waals surface area contributed by atoms with E-state index in [1.807, 2.05) is 6.20 Å². The molecule has 0 atom stereocenters. The van der Waals surface area contributed by atoms with E-state index in [0.717, 1.165) is 17.2 Å². The lowest BCUT2D eigenvalue weighted by Gasteiger charge is -2.16. The van der Waals surface area contributed by atoms with Gasteiger partial charge in [0.05, 0.1) is 11.6 Å². The third-order valence-electron chi connectivity index (χ3n) is 3.78. The van der Waals surface area contributed by atoms with Crippen LogP contribution in [0.15, 0.2) is 34.9 Å². The SMILES string of the molecule is COC(=O)c1c(Br)c(-c2ccc(F)cc2)cn1COCC[Si](C)(C)C. The predicted octanol–water partition coefficient (Wildman–Crippen LogP) is 5.16. The summed E-state index contributed by atoms with van der Waals surface area (Å²) in [6.45, 7) is 7.77. The summed E-state index contributed by atoms with van der Waals surface area (Å²) < 4.78 is 26.1. The summed E-state index contributed by atoms with van der Waals surface area (Å²) in [6.07, 6.45) is 1.82. The van der Waals surface area contributed by atoms with E-state index in [1.165, 1.54) is 19.2 Å². The van der Waals surface area contributed by atoms with Gasteiger partial charge in [-0.1, -0.05) is 31.8 Å². The smallest absolute Gasteiger partial charge is 0.355 e. The molecule has 0 N–H and O–H groups in total. The highest BCUT2D eigenvalue weighted by atomic mass is 79.9. The first-order valence-corrected chi connectivity index (χ1v) is 12.5. The number of carbonyl (C=O) groups excluding carboxylic acids is 1. The first-order valence-electron chi connectivity index (χ1n) is 8.03. The standard InChI is InChI=1S/C18H23BrFNO3Si/c1-23-18(22)17-16(19)15(13-5-7-14(20)8-6-13)11-21(17)12-24-9-10-25(2,3)4/h5-8,11H,9-10,12H2,1-4H3. The first-order chi connectivity index (χ1) is 11.7. The molecule has 0 aliphatic rings. The van der Waals surface area contributed by atoms with Crippen molar-refractivity contribution in [2.45, 2.75) is 32.4 Å². The second-order valence-electron chi connectivity index (χ2n) is 7.02. The maximum absolute atomic E-state index is 13.2. The highest BCUT2D eigenvalue weighted by Crippen LogP contribution is 2.33. The lowest BCUT2D eigenvalue weighted by Crippen LogP contribution is -2.22. The van der Waals surface area contributed by atoms with Gasteiger partial charge in [0.15, 0.2) is 0 Å². The van der Waals surface area contributed by atoms with E-state index >= 15 is 0 Å². The lowest BCUT2D eigenvalue weighted by molar-refractivity contribution is 0.0539. The summed E-state index contributed by atoms with van der Waals surface area (Å²) in [4.78, 5) is 12.2. The van der Waals surface area contributed by atoms with Gasteiger partial charge in [0.25, 0.3) is 0 Å². The minimum atomic E-state index is -1.17. The molecule has 0 bridgehead atoms. The van der Waals surface area contributed by atoms with Crippen molar-refractivity contribution in [2.75, 3.05) is 13.7 Å². The molecule has 1 aromatic heterocycles. The Morgan fingerprint density at radius 1 is 1.24 bits per heavy atom. The molecule has 136 valence electrons. The van der Waals surface area contributed by atoms with Gasteiger partial charge >= 0.3 is 5.97 Å². The van der Waals surface area contributed by atoms with Gasteiger partial charge in [-0.25, -0.2) is 9.18 Å². The Hall–Kier alpha value is -1.44. The maximum atomic E-state index is 13.2. The van der Waals surface area contributed by atoms with Gasteiger partial charge < -0.3 is 14.0 Å². The molecule has 1 aromatic carbocycles. The van der Waals surface area contributed by atoms with Crippen LogP contribution < -0.4 is 0 Å². The zero-order valence-electron chi connectivity index (χ0n) is 14.9. The van der Waals surface area contributed by atoms with Crippen LogP contribution in [0.1, 0.15) is 10.5 Å². The third kappa shape index (κ3) is 5.26. The minimum Gasteiger partial charge on any atom is -0.464 e. The van der Waals surface area contributed by atoms with Crippen molar-refractivity contribution < 1.29 is 18.7 Å². The van der Waals surface area contributed by atoms with Crippen molar-refractivity contribution in [2.24, 2.45) is 0 Å². The van der Waals surface area contributed by atoms with E-state index in [4.69, 9.17) is 9.47 Å². The highest BCUT2D eigenvalue weighted by Gasteiger charge is 2.22. The van der Waals surface area contributed by atoms with Crippen molar-refractivity contribution in [3.05, 3.63) is 46.4 Å². The number of ether oxygens (including phenoxy) is 2. The number of rotatable bonds is 7. The van der Waals surface area contributed by atoms with Crippen molar-refractivity contribution in [1.82, 2.24) is 4.57 Å². The summed E-state index contributed by atoms with van der Waals surface area (Å²) in [5.74, 6) is -0.754. The Morgan fingerprint density at radius 3 is 2.44 bits per heavy atom. The number of carbonyl (C=O) groups is 1. The summed E-state index contributed by atoms with van der Waals surface area (Å²) >= 11 is 3.48. The van der Waals surface area contributed by atoms with Gasteiger partial charge in [-0.05, 0) is 39.7 Å². The van der Waals surface area contributed by atoms with Gasteiger partial charge in [0, 0.05) is 26.4 Å². The number of halogens is 2. The molecule has 0 spiro atoms. The Labute approximate surface area is 157 Å². The van der Waals surface area contributed by atoms with E-state index < -0.39 is 14.0 Å². The number of nitrogens with zero attached hydrogens (tertiary/aromatic N) is 1. The van der Waals surface area contributed by atoms with E-state index in [0.29, 0.717) is 16.8 Å². The number of hydrogen-bond acceptors (Lipinski definition) is 3. The molecule has 7 heteroatoms. The molecule has 2 aromatic rings. The van der Waals surface area contributed by atoms with Crippen LogP contribution in [0, 0.1) is 5.82 Å². The van der Waals surface area contributed by atoms with E-state index in [2.05, 4.69) is 35.6 Å². The Morgan fingerprint density at radius 2 is 1.88 bits per heavy atom. The fourth-order valence-corrected chi connectivity index (χ4v) is 3.79. The number of aromatic nitrogens is 1. The topological polar surface area (TPSA) is 40.5 Å². The lowest BCUT2D eigenvalue weighted by atomic mass is 10.1. The summed E-state index contributed by atoms with van der Waals surface area (Å²) in [5.41, 5.74) is 1.98. The summed E-state index contributed by atoms with van der Waals surface area (Å²) in [7, 11) is 0.171. The average Bonchev–Trinajstić information content (AvgIpc) is 2.87. The molecule has 0 saturated heterocycles. The van der Waals surface area contributed by atoms with E-state index in [1.54, 1.807) is 16.7 Å². The molecule has 0 aliphatic heterocycles. The van der Waals surface area contributed by atoms with Crippen LogP contribution in [0.4, 0.5) is 4.39 Å². The van der Waals surface area contributed by atoms with Gasteiger partial charge in [-0.2, -0.15) is 0 Å². The molecule has 0 saturated carbocycles. The zero-order valence-corrected chi connectivity index (χ0v) is 17.5. The molecule has 0 radical (unpaired) electrons. The van der Waals surface area contributed by atoms with Crippen LogP contribution in [0.25, 0.3) is 11.1 Å².